The number of rotatable bonds is 9. The molecule has 0 aromatic heterocycles. The number of sulfone groups is 1. The number of amidine groups is 1. The minimum absolute atomic E-state index is 0.194. The quantitative estimate of drug-likeness (QED) is 0.216. The summed E-state index contributed by atoms with van der Waals surface area (Å²) in [6.07, 6.45) is 4.00. The van der Waals surface area contributed by atoms with E-state index in [0.29, 0.717) is 6.54 Å². The zero-order valence-electron chi connectivity index (χ0n) is 12.4. The highest BCUT2D eigenvalue weighted by atomic mass is 32.2. The summed E-state index contributed by atoms with van der Waals surface area (Å²) in [5, 5.41) is 11.7. The lowest BCUT2D eigenvalue weighted by Crippen LogP contribution is -2.32. The summed E-state index contributed by atoms with van der Waals surface area (Å²) < 4.78 is 22.1. The van der Waals surface area contributed by atoms with Crippen LogP contribution in [0.4, 0.5) is 0 Å². The second-order valence-corrected chi connectivity index (χ2v) is 8.02. The van der Waals surface area contributed by atoms with Gasteiger partial charge in [0.2, 0.25) is 0 Å². The van der Waals surface area contributed by atoms with E-state index < -0.39 is 9.84 Å². The molecule has 7 heteroatoms. The van der Waals surface area contributed by atoms with Crippen molar-refractivity contribution in [2.45, 2.75) is 33.1 Å². The monoisotopic (exact) mass is 293 g/mol. The molecule has 0 aliphatic carbocycles. The Bertz CT molecular complexity index is 391. The second kappa shape index (κ2) is 7.69. The molecule has 0 saturated heterocycles. The highest BCUT2D eigenvalue weighted by Gasteiger charge is 2.22. The van der Waals surface area contributed by atoms with Crippen molar-refractivity contribution in [3.8, 4) is 0 Å². The first-order chi connectivity index (χ1) is 8.58. The zero-order chi connectivity index (χ0) is 15.1. The van der Waals surface area contributed by atoms with E-state index >= 15 is 0 Å². The number of nitrogens with zero attached hydrogens (tertiary/aromatic N) is 2. The van der Waals surface area contributed by atoms with Crippen molar-refractivity contribution >= 4 is 15.7 Å². The van der Waals surface area contributed by atoms with Gasteiger partial charge in [0.05, 0.1) is 5.75 Å². The number of oxime groups is 1. The molecule has 0 atom stereocenters. The van der Waals surface area contributed by atoms with Crippen LogP contribution in [-0.4, -0.2) is 56.5 Å². The summed E-state index contributed by atoms with van der Waals surface area (Å²) in [7, 11) is -0.973. The van der Waals surface area contributed by atoms with Crippen molar-refractivity contribution in [1.29, 1.82) is 0 Å². The second-order valence-electron chi connectivity index (χ2n) is 5.76. The Morgan fingerprint density at radius 2 is 1.89 bits per heavy atom. The normalized spacial score (nSPS) is 14.1. The van der Waals surface area contributed by atoms with Gasteiger partial charge in [-0.3, -0.25) is 0 Å². The maximum absolute atomic E-state index is 11.0. The van der Waals surface area contributed by atoms with Gasteiger partial charge in [-0.05, 0) is 26.4 Å². The molecule has 0 spiro atoms. The van der Waals surface area contributed by atoms with Crippen molar-refractivity contribution in [2.24, 2.45) is 16.3 Å². The highest BCUT2D eigenvalue weighted by molar-refractivity contribution is 7.90. The fourth-order valence-electron chi connectivity index (χ4n) is 1.65. The first kappa shape index (κ1) is 18.2. The molecule has 6 nitrogen and oxygen atoms in total. The SMILES string of the molecule is CN(CCCCC(C)(C)C(N)=NO)CCS(C)(=O)=O. The lowest BCUT2D eigenvalue weighted by atomic mass is 9.86. The topological polar surface area (TPSA) is 96.0 Å². The summed E-state index contributed by atoms with van der Waals surface area (Å²) in [5.74, 6) is 0.442. The Kier molecular flexibility index (Phi) is 7.36. The molecule has 0 heterocycles. The van der Waals surface area contributed by atoms with Crippen LogP contribution < -0.4 is 5.73 Å². The predicted molar refractivity (Wildman–Crippen MR) is 78.2 cm³/mol. The van der Waals surface area contributed by atoms with Crippen LogP contribution in [0, 0.1) is 5.41 Å². The number of hydrogen-bond acceptors (Lipinski definition) is 5. The maximum atomic E-state index is 11.0. The summed E-state index contributed by atoms with van der Waals surface area (Å²) in [6, 6.07) is 0. The van der Waals surface area contributed by atoms with Gasteiger partial charge in [-0.1, -0.05) is 25.4 Å². The van der Waals surface area contributed by atoms with Crippen molar-refractivity contribution in [2.75, 3.05) is 32.1 Å². The molecular weight excluding hydrogens is 266 g/mol. The largest absolute Gasteiger partial charge is 0.409 e. The fraction of sp³-hybridized carbons (Fsp3) is 0.917. The van der Waals surface area contributed by atoms with Crippen molar-refractivity contribution in [3.05, 3.63) is 0 Å². The third-order valence-corrected chi connectivity index (χ3v) is 4.16. The molecule has 0 aromatic carbocycles. The number of hydrogen-bond donors (Lipinski definition) is 2. The van der Waals surface area contributed by atoms with Crippen LogP contribution >= 0.6 is 0 Å². The third-order valence-electron chi connectivity index (χ3n) is 3.24. The highest BCUT2D eigenvalue weighted by Crippen LogP contribution is 2.23. The summed E-state index contributed by atoms with van der Waals surface area (Å²) in [5.41, 5.74) is 5.31. The van der Waals surface area contributed by atoms with Gasteiger partial charge in [0.15, 0.2) is 0 Å². The van der Waals surface area contributed by atoms with Crippen molar-refractivity contribution in [3.63, 3.8) is 0 Å². The van der Waals surface area contributed by atoms with Crippen LogP contribution in [0.1, 0.15) is 33.1 Å². The molecule has 0 rings (SSSR count). The molecule has 0 radical (unpaired) electrons. The molecule has 0 fully saturated rings. The lowest BCUT2D eigenvalue weighted by molar-refractivity contribution is 0.300. The first-order valence-electron chi connectivity index (χ1n) is 6.43. The number of unbranched alkanes of at least 4 members (excludes halogenated alkanes) is 1. The van der Waals surface area contributed by atoms with E-state index in [0.717, 1.165) is 25.8 Å². The third kappa shape index (κ3) is 8.83. The van der Waals surface area contributed by atoms with E-state index in [2.05, 4.69) is 5.16 Å². The molecule has 114 valence electrons. The van der Waals surface area contributed by atoms with Crippen LogP contribution in [0.15, 0.2) is 5.16 Å². The van der Waals surface area contributed by atoms with E-state index in [4.69, 9.17) is 10.9 Å². The summed E-state index contributed by atoms with van der Waals surface area (Å²) in [6.45, 7) is 5.29. The zero-order valence-corrected chi connectivity index (χ0v) is 13.2. The predicted octanol–water partition coefficient (Wildman–Crippen LogP) is 0.906. The van der Waals surface area contributed by atoms with Crippen LogP contribution in [-0.2, 0) is 9.84 Å². The molecule has 19 heavy (non-hydrogen) atoms. The van der Waals surface area contributed by atoms with Gasteiger partial charge in [-0.15, -0.1) is 0 Å². The van der Waals surface area contributed by atoms with Crippen molar-refractivity contribution in [1.82, 2.24) is 4.90 Å². The average molecular weight is 293 g/mol. The van der Waals surface area contributed by atoms with Crippen LogP contribution in [0.5, 0.6) is 0 Å². The molecule has 3 N–H and O–H groups in total. The van der Waals surface area contributed by atoms with Gasteiger partial charge in [-0.25, -0.2) is 8.42 Å². The van der Waals surface area contributed by atoms with Gasteiger partial charge >= 0.3 is 0 Å². The Morgan fingerprint density at radius 1 is 1.32 bits per heavy atom. The van der Waals surface area contributed by atoms with E-state index in [1.165, 1.54) is 6.26 Å². The molecule has 0 saturated carbocycles. The Labute approximate surface area is 116 Å². The maximum Gasteiger partial charge on any atom is 0.148 e. The molecule has 0 aliphatic heterocycles. The summed E-state index contributed by atoms with van der Waals surface area (Å²) in [4.78, 5) is 2.01. The van der Waals surface area contributed by atoms with E-state index in [-0.39, 0.29) is 17.0 Å². The van der Waals surface area contributed by atoms with Gasteiger partial charge in [0, 0.05) is 18.2 Å². The smallest absolute Gasteiger partial charge is 0.148 e. The molecule has 0 bridgehead atoms. The van der Waals surface area contributed by atoms with Crippen LogP contribution in [0.2, 0.25) is 0 Å². The van der Waals surface area contributed by atoms with E-state index in [9.17, 15) is 8.42 Å². The molecule has 0 aromatic rings. The van der Waals surface area contributed by atoms with Crippen LogP contribution in [0.3, 0.4) is 0 Å². The van der Waals surface area contributed by atoms with Gasteiger partial charge in [-0.2, -0.15) is 0 Å². The minimum atomic E-state index is -2.89. The standard InChI is InChI=1S/C12H27N3O3S/c1-12(2,11(13)14-16)7-5-6-8-15(3)9-10-19(4,17)18/h16H,5-10H2,1-4H3,(H2,13,14). The Morgan fingerprint density at radius 3 is 2.37 bits per heavy atom. The van der Waals surface area contributed by atoms with E-state index in [1.54, 1.807) is 0 Å². The Balaban J connectivity index is 3.87. The van der Waals surface area contributed by atoms with Gasteiger partial charge < -0.3 is 15.8 Å². The van der Waals surface area contributed by atoms with Crippen LogP contribution in [0.25, 0.3) is 0 Å². The first-order valence-corrected chi connectivity index (χ1v) is 8.49. The molecular formula is C12H27N3O3S. The van der Waals surface area contributed by atoms with Gasteiger partial charge in [0.25, 0.3) is 0 Å². The fourth-order valence-corrected chi connectivity index (χ4v) is 2.29. The number of nitrogens with two attached hydrogens (primary N) is 1. The van der Waals surface area contributed by atoms with Crippen molar-refractivity contribution < 1.29 is 13.6 Å². The molecule has 0 amide bonds. The van der Waals surface area contributed by atoms with Gasteiger partial charge in [0.1, 0.15) is 15.7 Å². The molecule has 0 aliphatic rings. The average Bonchev–Trinajstić information content (AvgIpc) is 2.30. The lowest BCUT2D eigenvalue weighted by Gasteiger charge is -2.23. The minimum Gasteiger partial charge on any atom is -0.409 e. The Hall–Kier alpha value is -0.820. The van der Waals surface area contributed by atoms with E-state index in [1.807, 2.05) is 25.8 Å². The summed E-state index contributed by atoms with van der Waals surface area (Å²) >= 11 is 0. The molecule has 0 unspecified atom stereocenters.